The van der Waals surface area contributed by atoms with Crippen molar-refractivity contribution in [3.8, 4) is 0 Å². The molecule has 0 spiro atoms. The van der Waals surface area contributed by atoms with Crippen molar-refractivity contribution in [2.45, 2.75) is 26.4 Å². The smallest absolute Gasteiger partial charge is 0.263 e. The topological polar surface area (TPSA) is 77.2 Å². The van der Waals surface area contributed by atoms with Gasteiger partial charge in [-0.1, -0.05) is 0 Å². The molecule has 0 bridgehead atoms. The molecule has 0 radical (unpaired) electrons. The molecule has 1 saturated heterocycles. The molecule has 21 heavy (non-hydrogen) atoms. The number of nitrogens with two attached hydrogens (primary N) is 1. The molecular formula is C15H19N3O2S. The van der Waals surface area contributed by atoms with Crippen LogP contribution in [0.2, 0.25) is 0 Å². The Labute approximate surface area is 127 Å². The second-order valence-electron chi connectivity index (χ2n) is 5.48. The molecule has 3 N–H and O–H groups in total. The molecule has 2 unspecified atom stereocenters. The summed E-state index contributed by atoms with van der Waals surface area (Å²) in [5.74, 6) is 0.261. The van der Waals surface area contributed by atoms with Gasteiger partial charge >= 0.3 is 0 Å². The van der Waals surface area contributed by atoms with Crippen molar-refractivity contribution >= 4 is 33.1 Å². The van der Waals surface area contributed by atoms with E-state index in [-0.39, 0.29) is 12.0 Å². The number of amides is 1. The molecule has 0 saturated carbocycles. The minimum absolute atomic E-state index is 0.118. The second kappa shape index (κ2) is 5.61. The molecule has 3 rings (SSSR count). The maximum absolute atomic E-state index is 12.3. The molecule has 0 aromatic carbocycles. The third-order valence-corrected chi connectivity index (χ3v) is 5.11. The molecule has 5 nitrogen and oxygen atoms in total. The van der Waals surface area contributed by atoms with E-state index in [4.69, 9.17) is 10.5 Å². The molecule has 112 valence electrons. The van der Waals surface area contributed by atoms with Crippen LogP contribution in [0.4, 0.5) is 5.69 Å². The zero-order chi connectivity index (χ0) is 15.0. The normalized spacial score (nSPS) is 21.8. The zero-order valence-corrected chi connectivity index (χ0v) is 13.0. The van der Waals surface area contributed by atoms with Crippen molar-refractivity contribution in [2.24, 2.45) is 5.92 Å². The van der Waals surface area contributed by atoms with E-state index in [1.807, 2.05) is 26.0 Å². The fourth-order valence-electron chi connectivity index (χ4n) is 2.61. The lowest BCUT2D eigenvalue weighted by Gasteiger charge is -2.14. The zero-order valence-electron chi connectivity index (χ0n) is 12.2. The number of anilines is 1. The summed E-state index contributed by atoms with van der Waals surface area (Å²) in [7, 11) is 0. The van der Waals surface area contributed by atoms with E-state index in [1.165, 1.54) is 11.3 Å². The van der Waals surface area contributed by atoms with Gasteiger partial charge in [-0.3, -0.25) is 4.79 Å². The lowest BCUT2D eigenvalue weighted by Crippen LogP contribution is -2.31. The molecule has 1 aliphatic rings. The SMILES string of the molecule is Cc1ccc2c(N)c(C(=O)NCC3CCOC3C)sc2n1. The summed E-state index contributed by atoms with van der Waals surface area (Å²) in [4.78, 5) is 18.1. The molecule has 6 heteroatoms. The number of aryl methyl sites for hydroxylation is 1. The summed E-state index contributed by atoms with van der Waals surface area (Å²) in [6.45, 7) is 5.37. The Kier molecular flexibility index (Phi) is 3.82. The lowest BCUT2D eigenvalue weighted by atomic mass is 10.0. The van der Waals surface area contributed by atoms with Gasteiger partial charge < -0.3 is 15.8 Å². The first-order chi connectivity index (χ1) is 10.1. The van der Waals surface area contributed by atoms with E-state index >= 15 is 0 Å². The lowest BCUT2D eigenvalue weighted by molar-refractivity contribution is 0.0911. The van der Waals surface area contributed by atoms with Gasteiger partial charge in [-0.2, -0.15) is 0 Å². The summed E-state index contributed by atoms with van der Waals surface area (Å²) in [6, 6.07) is 3.83. The predicted octanol–water partition coefficient (Wildman–Crippen LogP) is 2.34. The molecule has 3 heterocycles. The van der Waals surface area contributed by atoms with E-state index in [2.05, 4.69) is 10.3 Å². The van der Waals surface area contributed by atoms with Crippen LogP contribution in [0.15, 0.2) is 12.1 Å². The van der Waals surface area contributed by atoms with Gasteiger partial charge in [-0.05, 0) is 32.4 Å². The van der Waals surface area contributed by atoms with Crippen LogP contribution in [0.25, 0.3) is 10.2 Å². The highest BCUT2D eigenvalue weighted by molar-refractivity contribution is 7.21. The summed E-state index contributed by atoms with van der Waals surface area (Å²) in [6.07, 6.45) is 1.19. The summed E-state index contributed by atoms with van der Waals surface area (Å²) < 4.78 is 5.50. The number of fused-ring (bicyclic) bond motifs is 1. The molecular weight excluding hydrogens is 286 g/mol. The monoisotopic (exact) mass is 305 g/mol. The van der Waals surface area contributed by atoms with E-state index < -0.39 is 0 Å². The molecule has 1 aliphatic heterocycles. The van der Waals surface area contributed by atoms with Crippen molar-refractivity contribution in [1.82, 2.24) is 10.3 Å². The van der Waals surface area contributed by atoms with E-state index in [1.54, 1.807) is 0 Å². The third kappa shape index (κ3) is 2.73. The van der Waals surface area contributed by atoms with Crippen molar-refractivity contribution in [3.63, 3.8) is 0 Å². The number of carbonyl (C=O) groups excluding carboxylic acids is 1. The average molecular weight is 305 g/mol. The molecule has 1 amide bonds. The highest BCUT2D eigenvalue weighted by Crippen LogP contribution is 2.32. The van der Waals surface area contributed by atoms with Crippen LogP contribution in [0.3, 0.4) is 0 Å². The minimum atomic E-state index is -0.118. The maximum atomic E-state index is 12.3. The average Bonchev–Trinajstić information content (AvgIpc) is 3.00. The van der Waals surface area contributed by atoms with Crippen molar-refractivity contribution in [3.05, 3.63) is 22.7 Å². The van der Waals surface area contributed by atoms with E-state index in [9.17, 15) is 4.79 Å². The fourth-order valence-corrected chi connectivity index (χ4v) is 3.66. The van der Waals surface area contributed by atoms with Gasteiger partial charge in [-0.15, -0.1) is 11.3 Å². The van der Waals surface area contributed by atoms with E-state index in [0.717, 1.165) is 28.9 Å². The molecule has 1 fully saturated rings. The Hall–Kier alpha value is -1.66. The summed E-state index contributed by atoms with van der Waals surface area (Å²) in [5, 5.41) is 3.83. The van der Waals surface area contributed by atoms with Gasteiger partial charge in [0.25, 0.3) is 5.91 Å². The predicted molar refractivity (Wildman–Crippen MR) is 84.6 cm³/mol. The molecule has 2 aromatic rings. The number of hydrogen-bond acceptors (Lipinski definition) is 5. The minimum Gasteiger partial charge on any atom is -0.397 e. The van der Waals surface area contributed by atoms with Crippen LogP contribution in [-0.4, -0.2) is 30.1 Å². The number of thiophene rings is 1. The Morgan fingerprint density at radius 2 is 2.38 bits per heavy atom. The summed E-state index contributed by atoms with van der Waals surface area (Å²) >= 11 is 1.35. The first-order valence-corrected chi connectivity index (χ1v) is 7.93. The van der Waals surface area contributed by atoms with Crippen LogP contribution in [-0.2, 0) is 4.74 Å². The number of nitrogen functional groups attached to an aromatic ring is 1. The highest BCUT2D eigenvalue weighted by atomic mass is 32.1. The largest absolute Gasteiger partial charge is 0.397 e. The van der Waals surface area contributed by atoms with Gasteiger partial charge in [-0.25, -0.2) is 4.98 Å². The number of carbonyl (C=O) groups is 1. The number of nitrogens with one attached hydrogen (secondary N) is 1. The van der Waals surface area contributed by atoms with Gasteiger partial charge in [0.15, 0.2) is 0 Å². The Balaban J connectivity index is 1.76. The number of nitrogens with zero attached hydrogens (tertiary/aromatic N) is 1. The van der Waals surface area contributed by atoms with E-state index in [0.29, 0.717) is 23.0 Å². The number of pyridine rings is 1. The summed E-state index contributed by atoms with van der Waals surface area (Å²) in [5.41, 5.74) is 7.53. The van der Waals surface area contributed by atoms with Crippen molar-refractivity contribution in [2.75, 3.05) is 18.9 Å². The standard InChI is InChI=1S/C15H19N3O2S/c1-8-3-4-11-12(16)13(21-15(11)18-8)14(19)17-7-10-5-6-20-9(10)2/h3-4,9-10H,5-7,16H2,1-2H3,(H,17,19). The Bertz CT molecular complexity index is 683. The first-order valence-electron chi connectivity index (χ1n) is 7.11. The van der Waals surface area contributed by atoms with Crippen LogP contribution in [0, 0.1) is 12.8 Å². The van der Waals surface area contributed by atoms with Gasteiger partial charge in [0.2, 0.25) is 0 Å². The van der Waals surface area contributed by atoms with Crippen LogP contribution in [0.5, 0.6) is 0 Å². The molecule has 2 atom stereocenters. The first kappa shape index (κ1) is 14.3. The second-order valence-corrected chi connectivity index (χ2v) is 6.48. The number of aromatic nitrogens is 1. The van der Waals surface area contributed by atoms with Crippen molar-refractivity contribution in [1.29, 1.82) is 0 Å². The quantitative estimate of drug-likeness (QED) is 0.912. The molecule has 2 aromatic heterocycles. The number of rotatable bonds is 3. The van der Waals surface area contributed by atoms with Crippen molar-refractivity contribution < 1.29 is 9.53 Å². The third-order valence-electron chi connectivity index (χ3n) is 4.00. The van der Waals surface area contributed by atoms with Crippen LogP contribution in [0.1, 0.15) is 28.7 Å². The Morgan fingerprint density at radius 1 is 1.57 bits per heavy atom. The number of ether oxygens (including phenoxy) is 1. The van der Waals surface area contributed by atoms with Gasteiger partial charge in [0, 0.05) is 30.1 Å². The molecule has 0 aliphatic carbocycles. The highest BCUT2D eigenvalue weighted by Gasteiger charge is 2.25. The number of hydrogen-bond donors (Lipinski definition) is 2. The van der Waals surface area contributed by atoms with Gasteiger partial charge in [0.1, 0.15) is 9.71 Å². The maximum Gasteiger partial charge on any atom is 0.263 e. The fraction of sp³-hybridized carbons (Fsp3) is 0.467. The van der Waals surface area contributed by atoms with Crippen LogP contribution < -0.4 is 11.1 Å². The van der Waals surface area contributed by atoms with Crippen LogP contribution >= 0.6 is 11.3 Å². The Morgan fingerprint density at radius 3 is 3.10 bits per heavy atom. The van der Waals surface area contributed by atoms with Gasteiger partial charge in [0.05, 0.1) is 11.8 Å².